The fourth-order valence-electron chi connectivity index (χ4n) is 5.04. The Morgan fingerprint density at radius 1 is 1.07 bits per heavy atom. The molecule has 4 atom stereocenters. The summed E-state index contributed by atoms with van der Waals surface area (Å²) in [5.74, 6) is -2.17. The standard InChI is InChI=1S/C20H16Cl2N4O2/c21-13-6-4-5-12(15(13)22)16-18(9-23,10-24)19(11-25)14-7-2-1-3-8-20(14,27-16)28-17(19)26/h4-6,14,16,26H,1-3,7-8H2. The molecule has 4 unspecified atom stereocenters. The Hall–Kier alpha value is -2.30. The Balaban J connectivity index is 2.04. The summed E-state index contributed by atoms with van der Waals surface area (Å²) in [6.07, 6.45) is 2.38. The summed E-state index contributed by atoms with van der Waals surface area (Å²) < 4.78 is 12.3. The van der Waals surface area contributed by atoms with E-state index in [-0.39, 0.29) is 15.9 Å². The van der Waals surface area contributed by atoms with E-state index >= 15 is 0 Å². The molecule has 2 saturated heterocycles. The predicted octanol–water partition coefficient (Wildman–Crippen LogP) is 4.89. The van der Waals surface area contributed by atoms with Gasteiger partial charge in [0, 0.05) is 12.0 Å². The fourth-order valence-corrected chi connectivity index (χ4v) is 5.45. The average molecular weight is 415 g/mol. The van der Waals surface area contributed by atoms with Gasteiger partial charge in [-0.05, 0) is 18.9 Å². The van der Waals surface area contributed by atoms with Gasteiger partial charge in [0.05, 0.1) is 34.2 Å². The Morgan fingerprint density at radius 2 is 1.82 bits per heavy atom. The molecule has 1 saturated carbocycles. The molecule has 28 heavy (non-hydrogen) atoms. The highest BCUT2D eigenvalue weighted by Gasteiger charge is 2.80. The lowest BCUT2D eigenvalue weighted by molar-refractivity contribution is -0.284. The van der Waals surface area contributed by atoms with Crippen molar-refractivity contribution in [1.29, 1.82) is 21.2 Å². The highest BCUT2D eigenvalue weighted by atomic mass is 35.5. The van der Waals surface area contributed by atoms with Crippen LogP contribution in [0.1, 0.15) is 43.8 Å². The van der Waals surface area contributed by atoms with Crippen LogP contribution in [0, 0.1) is 56.2 Å². The second-order valence-electron chi connectivity index (χ2n) is 7.49. The maximum absolute atomic E-state index is 10.3. The Morgan fingerprint density at radius 3 is 2.50 bits per heavy atom. The molecule has 3 fully saturated rings. The van der Waals surface area contributed by atoms with Crippen molar-refractivity contribution in [2.45, 2.75) is 44.0 Å². The molecular formula is C20H16Cl2N4O2. The second kappa shape index (κ2) is 6.36. The molecule has 1 N–H and O–H groups in total. The molecule has 0 radical (unpaired) electrons. The van der Waals surface area contributed by atoms with Crippen LogP contribution in [0.5, 0.6) is 0 Å². The van der Waals surface area contributed by atoms with E-state index in [0.29, 0.717) is 18.4 Å². The third-order valence-corrected chi connectivity index (χ3v) is 7.16. The van der Waals surface area contributed by atoms with E-state index in [1.54, 1.807) is 18.2 Å². The monoisotopic (exact) mass is 414 g/mol. The molecule has 1 aromatic rings. The number of nitriles is 3. The van der Waals surface area contributed by atoms with E-state index in [1.165, 1.54) is 0 Å². The first-order chi connectivity index (χ1) is 13.4. The third kappa shape index (κ3) is 2.08. The number of rotatable bonds is 1. The smallest absolute Gasteiger partial charge is 0.217 e. The highest BCUT2D eigenvalue weighted by Crippen LogP contribution is 2.69. The molecule has 0 amide bonds. The SMILES string of the molecule is N#CC1(C#N)C(c2cccc(Cl)c2Cl)OC23CCCCCC2C1(C#N)C(=N)O3. The number of nitrogens with one attached hydrogen (secondary N) is 1. The highest BCUT2D eigenvalue weighted by molar-refractivity contribution is 6.42. The van der Waals surface area contributed by atoms with E-state index in [9.17, 15) is 15.8 Å². The fraction of sp³-hybridized carbons (Fsp3) is 0.500. The van der Waals surface area contributed by atoms with E-state index in [4.69, 9.17) is 38.1 Å². The molecule has 0 spiro atoms. The van der Waals surface area contributed by atoms with E-state index in [0.717, 1.165) is 19.3 Å². The summed E-state index contributed by atoms with van der Waals surface area (Å²) >= 11 is 12.6. The van der Waals surface area contributed by atoms with Gasteiger partial charge in [0.15, 0.2) is 5.41 Å². The maximum Gasteiger partial charge on any atom is 0.217 e. The van der Waals surface area contributed by atoms with Crippen LogP contribution in [0.25, 0.3) is 0 Å². The summed E-state index contributed by atoms with van der Waals surface area (Å²) in [7, 11) is 0. The first kappa shape index (κ1) is 19.0. The lowest BCUT2D eigenvalue weighted by Crippen LogP contribution is -2.59. The Labute approximate surface area is 172 Å². The minimum atomic E-state index is -2.00. The molecule has 8 heteroatoms. The lowest BCUT2D eigenvalue weighted by atomic mass is 9.52. The molecule has 6 nitrogen and oxygen atoms in total. The van der Waals surface area contributed by atoms with Crippen LogP contribution < -0.4 is 0 Å². The Kier molecular flexibility index (Phi) is 4.32. The first-order valence-corrected chi connectivity index (χ1v) is 9.81. The number of nitrogens with zero attached hydrogens (tertiary/aromatic N) is 3. The van der Waals surface area contributed by atoms with Crippen molar-refractivity contribution in [2.75, 3.05) is 0 Å². The van der Waals surface area contributed by atoms with Crippen molar-refractivity contribution in [1.82, 2.24) is 0 Å². The summed E-state index contributed by atoms with van der Waals surface area (Å²) in [6, 6.07) is 11.1. The lowest BCUT2D eigenvalue weighted by Gasteiger charge is -2.49. The van der Waals surface area contributed by atoms with E-state index < -0.39 is 28.6 Å². The van der Waals surface area contributed by atoms with Gasteiger partial charge in [0.1, 0.15) is 6.10 Å². The molecule has 142 valence electrons. The zero-order valence-corrected chi connectivity index (χ0v) is 16.3. The van der Waals surface area contributed by atoms with Crippen LogP contribution >= 0.6 is 23.2 Å². The van der Waals surface area contributed by atoms with Crippen LogP contribution in [0.2, 0.25) is 10.0 Å². The number of ether oxygens (including phenoxy) is 2. The second-order valence-corrected chi connectivity index (χ2v) is 8.27. The largest absolute Gasteiger partial charge is 0.447 e. The summed E-state index contributed by atoms with van der Waals surface area (Å²) in [5, 5.41) is 39.6. The van der Waals surface area contributed by atoms with Crippen LogP contribution in [0.3, 0.4) is 0 Å². The zero-order chi connectivity index (χ0) is 20.2. The topological polar surface area (TPSA) is 114 Å². The Bertz CT molecular complexity index is 977. The molecule has 2 aliphatic heterocycles. The van der Waals surface area contributed by atoms with E-state index in [2.05, 4.69) is 6.07 Å². The van der Waals surface area contributed by atoms with Gasteiger partial charge in [-0.1, -0.05) is 48.2 Å². The molecule has 3 aliphatic rings. The minimum absolute atomic E-state index is 0.159. The predicted molar refractivity (Wildman–Crippen MR) is 100 cm³/mol. The molecular weight excluding hydrogens is 399 g/mol. The van der Waals surface area contributed by atoms with Crippen molar-refractivity contribution >= 4 is 29.1 Å². The molecule has 0 aromatic heterocycles. The number of benzene rings is 1. The van der Waals surface area contributed by atoms with Gasteiger partial charge in [0.2, 0.25) is 17.1 Å². The maximum atomic E-state index is 10.3. The summed E-state index contributed by atoms with van der Waals surface area (Å²) in [5.41, 5.74) is -3.39. The number of hydrogen-bond acceptors (Lipinski definition) is 6. The third-order valence-electron chi connectivity index (χ3n) is 6.33. The van der Waals surface area contributed by atoms with Crippen LogP contribution in [0.4, 0.5) is 0 Å². The van der Waals surface area contributed by atoms with Crippen molar-refractivity contribution in [2.24, 2.45) is 16.7 Å². The quantitative estimate of drug-likeness (QED) is 0.701. The molecule has 1 aliphatic carbocycles. The molecule has 2 heterocycles. The molecule has 1 aromatic carbocycles. The van der Waals surface area contributed by atoms with Crippen LogP contribution in [0.15, 0.2) is 18.2 Å². The number of hydrogen-bond donors (Lipinski definition) is 1. The van der Waals surface area contributed by atoms with Crippen LogP contribution in [-0.4, -0.2) is 11.7 Å². The van der Waals surface area contributed by atoms with Gasteiger partial charge in [-0.3, -0.25) is 5.41 Å². The molecule has 4 rings (SSSR count). The normalized spacial score (nSPS) is 35.5. The minimum Gasteiger partial charge on any atom is -0.447 e. The molecule has 2 bridgehead atoms. The van der Waals surface area contributed by atoms with Gasteiger partial charge in [0.25, 0.3) is 0 Å². The van der Waals surface area contributed by atoms with Gasteiger partial charge < -0.3 is 9.47 Å². The van der Waals surface area contributed by atoms with Crippen molar-refractivity contribution in [3.63, 3.8) is 0 Å². The first-order valence-electron chi connectivity index (χ1n) is 9.06. The van der Waals surface area contributed by atoms with Gasteiger partial charge >= 0.3 is 0 Å². The van der Waals surface area contributed by atoms with Crippen molar-refractivity contribution in [3.8, 4) is 18.2 Å². The van der Waals surface area contributed by atoms with Crippen molar-refractivity contribution in [3.05, 3.63) is 33.8 Å². The van der Waals surface area contributed by atoms with Crippen LogP contribution in [-0.2, 0) is 9.47 Å². The van der Waals surface area contributed by atoms with E-state index in [1.807, 2.05) is 12.1 Å². The van der Waals surface area contributed by atoms with Gasteiger partial charge in [-0.25, -0.2) is 0 Å². The number of halogens is 2. The van der Waals surface area contributed by atoms with Gasteiger partial charge in [-0.15, -0.1) is 0 Å². The average Bonchev–Trinajstić information content (AvgIpc) is 2.82. The summed E-state index contributed by atoms with van der Waals surface area (Å²) in [6.45, 7) is 0. The van der Waals surface area contributed by atoms with Gasteiger partial charge in [-0.2, -0.15) is 15.8 Å². The van der Waals surface area contributed by atoms with Crippen molar-refractivity contribution < 1.29 is 9.47 Å². The summed E-state index contributed by atoms with van der Waals surface area (Å²) in [4.78, 5) is 0. The zero-order valence-electron chi connectivity index (χ0n) is 14.8.